The molecule has 0 spiro atoms. The normalized spacial score (nSPS) is 18.9. The first kappa shape index (κ1) is 15.9. The Kier molecular flexibility index (Phi) is 4.34. The fourth-order valence-electron chi connectivity index (χ4n) is 2.50. The topological polar surface area (TPSA) is 81.4 Å². The fraction of sp³-hybridized carbons (Fsp3) is 0.600. The van der Waals surface area contributed by atoms with Crippen LogP contribution in [0.5, 0.6) is 0 Å². The molecule has 1 saturated heterocycles. The molecule has 2 aromatic rings. The lowest BCUT2D eigenvalue weighted by Crippen LogP contribution is -2.42. The minimum atomic E-state index is -0.494. The zero-order valence-electron chi connectivity index (χ0n) is 13.5. The summed E-state index contributed by atoms with van der Waals surface area (Å²) in [6, 6.07) is 0. The highest BCUT2D eigenvalue weighted by Crippen LogP contribution is 2.28. The van der Waals surface area contributed by atoms with Crippen molar-refractivity contribution in [1.29, 1.82) is 0 Å². The fourth-order valence-corrected chi connectivity index (χ4v) is 3.03. The third-order valence-electron chi connectivity index (χ3n) is 3.53. The van der Waals surface area contributed by atoms with Crippen molar-refractivity contribution >= 4 is 17.4 Å². The molecule has 1 fully saturated rings. The molecule has 0 N–H and O–H groups in total. The smallest absolute Gasteiger partial charge is 0.410 e. The van der Waals surface area contributed by atoms with Crippen LogP contribution in [0.3, 0.4) is 0 Å². The first-order valence-corrected chi connectivity index (χ1v) is 8.57. The summed E-state index contributed by atoms with van der Waals surface area (Å²) in [5.41, 5.74) is 1.95. The lowest BCUT2D eigenvalue weighted by molar-refractivity contribution is 0.0189. The van der Waals surface area contributed by atoms with E-state index < -0.39 is 5.60 Å². The van der Waals surface area contributed by atoms with E-state index in [0.29, 0.717) is 30.5 Å². The lowest BCUT2D eigenvalue weighted by atomic mass is 9.98. The van der Waals surface area contributed by atoms with Gasteiger partial charge in [-0.05, 0) is 33.6 Å². The third kappa shape index (κ3) is 3.87. The number of nitrogens with zero attached hydrogens (tertiary/aromatic N) is 4. The molecule has 0 saturated carbocycles. The summed E-state index contributed by atoms with van der Waals surface area (Å²) < 4.78 is 10.8. The molecule has 0 bridgehead atoms. The Labute approximate surface area is 138 Å². The largest absolute Gasteiger partial charge is 0.444 e. The first-order chi connectivity index (χ1) is 10.9. The molecule has 23 heavy (non-hydrogen) atoms. The number of amides is 1. The predicted octanol–water partition coefficient (Wildman–Crippen LogP) is 3.31. The van der Waals surface area contributed by atoms with Crippen molar-refractivity contribution in [2.75, 3.05) is 13.1 Å². The summed E-state index contributed by atoms with van der Waals surface area (Å²) in [7, 11) is 0. The van der Waals surface area contributed by atoms with E-state index in [1.165, 1.54) is 11.3 Å². The van der Waals surface area contributed by atoms with E-state index in [1.807, 2.05) is 26.2 Å². The summed E-state index contributed by atoms with van der Waals surface area (Å²) in [6.45, 7) is 6.82. The Hall–Kier alpha value is -1.96. The average Bonchev–Trinajstić information content (AvgIpc) is 3.17. The summed E-state index contributed by atoms with van der Waals surface area (Å²) in [5.74, 6) is 1.09. The van der Waals surface area contributed by atoms with Gasteiger partial charge < -0.3 is 14.2 Å². The first-order valence-electron chi connectivity index (χ1n) is 7.62. The molecular formula is C15H20N4O3S. The molecule has 1 aliphatic rings. The number of rotatable bonds is 2. The molecule has 124 valence electrons. The second-order valence-electron chi connectivity index (χ2n) is 6.60. The number of thiazole rings is 1. The Morgan fingerprint density at radius 3 is 3.00 bits per heavy atom. The van der Waals surface area contributed by atoms with Crippen LogP contribution in [0, 0.1) is 0 Å². The maximum absolute atomic E-state index is 12.2. The molecule has 0 radical (unpaired) electrons. The van der Waals surface area contributed by atoms with E-state index >= 15 is 0 Å². The standard InChI is InChI=1S/C15H20N4O3S/c1-15(2,3)21-14(20)19-6-4-5-10(7-19)13-17-12(18-22-13)11-8-23-9-16-11/h8-10H,4-7H2,1-3H3/t10-/m0/s1. The zero-order valence-corrected chi connectivity index (χ0v) is 14.3. The van der Waals surface area contributed by atoms with E-state index in [4.69, 9.17) is 9.26 Å². The van der Waals surface area contributed by atoms with Gasteiger partial charge in [0.2, 0.25) is 11.7 Å². The number of likely N-dealkylation sites (tertiary alicyclic amines) is 1. The van der Waals surface area contributed by atoms with Gasteiger partial charge >= 0.3 is 6.09 Å². The van der Waals surface area contributed by atoms with E-state index in [-0.39, 0.29) is 12.0 Å². The molecule has 1 atom stereocenters. The van der Waals surface area contributed by atoms with Gasteiger partial charge in [0.05, 0.1) is 11.4 Å². The predicted molar refractivity (Wildman–Crippen MR) is 85.2 cm³/mol. The van der Waals surface area contributed by atoms with E-state index in [0.717, 1.165) is 12.8 Å². The highest BCUT2D eigenvalue weighted by molar-refractivity contribution is 7.07. The van der Waals surface area contributed by atoms with Crippen molar-refractivity contribution in [3.63, 3.8) is 0 Å². The van der Waals surface area contributed by atoms with Crippen LogP contribution in [0.1, 0.15) is 45.4 Å². The van der Waals surface area contributed by atoms with Crippen LogP contribution in [0.2, 0.25) is 0 Å². The van der Waals surface area contributed by atoms with Gasteiger partial charge in [-0.15, -0.1) is 11.3 Å². The molecule has 0 aliphatic carbocycles. The van der Waals surface area contributed by atoms with Gasteiger partial charge in [0.15, 0.2) is 0 Å². The molecule has 3 rings (SSSR count). The lowest BCUT2D eigenvalue weighted by Gasteiger charge is -2.32. The SMILES string of the molecule is CC(C)(C)OC(=O)N1CCC[C@H](c2nc(-c3cscn3)no2)C1. The molecule has 8 heteroatoms. The Morgan fingerprint density at radius 2 is 2.30 bits per heavy atom. The maximum Gasteiger partial charge on any atom is 0.410 e. The van der Waals surface area contributed by atoms with Crippen molar-refractivity contribution in [1.82, 2.24) is 20.0 Å². The van der Waals surface area contributed by atoms with Crippen molar-refractivity contribution < 1.29 is 14.1 Å². The van der Waals surface area contributed by atoms with Crippen LogP contribution in [-0.2, 0) is 4.74 Å². The van der Waals surface area contributed by atoms with Gasteiger partial charge in [0.25, 0.3) is 0 Å². The van der Waals surface area contributed by atoms with Crippen LogP contribution in [0.4, 0.5) is 4.79 Å². The number of hydrogen-bond acceptors (Lipinski definition) is 7. The van der Waals surface area contributed by atoms with Gasteiger partial charge in [-0.3, -0.25) is 0 Å². The second kappa shape index (κ2) is 6.27. The second-order valence-corrected chi connectivity index (χ2v) is 7.31. The van der Waals surface area contributed by atoms with Crippen molar-refractivity contribution in [3.8, 4) is 11.5 Å². The Morgan fingerprint density at radius 1 is 1.48 bits per heavy atom. The van der Waals surface area contributed by atoms with Gasteiger partial charge in [0.1, 0.15) is 11.3 Å². The summed E-state index contributed by atoms with van der Waals surface area (Å²) in [6.07, 6.45) is 1.51. The minimum Gasteiger partial charge on any atom is -0.444 e. The Balaban J connectivity index is 1.68. The minimum absolute atomic E-state index is 0.0381. The van der Waals surface area contributed by atoms with E-state index in [2.05, 4.69) is 15.1 Å². The van der Waals surface area contributed by atoms with Crippen LogP contribution in [-0.4, -0.2) is 44.8 Å². The Bertz CT molecular complexity index is 663. The maximum atomic E-state index is 12.2. The summed E-state index contributed by atoms with van der Waals surface area (Å²) in [5, 5.41) is 5.86. The number of carbonyl (C=O) groups excluding carboxylic acids is 1. The molecule has 1 aliphatic heterocycles. The number of ether oxygens (including phenoxy) is 1. The highest BCUT2D eigenvalue weighted by Gasteiger charge is 2.31. The van der Waals surface area contributed by atoms with Crippen molar-refractivity contribution in [2.45, 2.75) is 45.1 Å². The van der Waals surface area contributed by atoms with Crippen LogP contribution < -0.4 is 0 Å². The summed E-state index contributed by atoms with van der Waals surface area (Å²) in [4.78, 5) is 22.5. The third-order valence-corrected chi connectivity index (χ3v) is 4.11. The van der Waals surface area contributed by atoms with Gasteiger partial charge in [-0.25, -0.2) is 9.78 Å². The number of hydrogen-bond donors (Lipinski definition) is 0. The van der Waals surface area contributed by atoms with Crippen LogP contribution >= 0.6 is 11.3 Å². The van der Waals surface area contributed by atoms with Crippen LogP contribution in [0.25, 0.3) is 11.5 Å². The highest BCUT2D eigenvalue weighted by atomic mass is 32.1. The van der Waals surface area contributed by atoms with Crippen molar-refractivity contribution in [2.24, 2.45) is 0 Å². The molecule has 2 aromatic heterocycles. The number of piperidine rings is 1. The van der Waals surface area contributed by atoms with Gasteiger partial charge in [0, 0.05) is 18.5 Å². The number of aromatic nitrogens is 3. The molecule has 0 unspecified atom stereocenters. The van der Waals surface area contributed by atoms with E-state index in [9.17, 15) is 4.79 Å². The van der Waals surface area contributed by atoms with Gasteiger partial charge in [-0.2, -0.15) is 4.98 Å². The number of carbonyl (C=O) groups is 1. The summed E-state index contributed by atoms with van der Waals surface area (Å²) >= 11 is 1.49. The molecule has 7 nitrogen and oxygen atoms in total. The average molecular weight is 336 g/mol. The molecular weight excluding hydrogens is 316 g/mol. The van der Waals surface area contributed by atoms with E-state index in [1.54, 1.807) is 10.4 Å². The quantitative estimate of drug-likeness (QED) is 0.837. The molecule has 1 amide bonds. The molecule has 0 aromatic carbocycles. The van der Waals surface area contributed by atoms with Crippen LogP contribution in [0.15, 0.2) is 15.4 Å². The van der Waals surface area contributed by atoms with Gasteiger partial charge in [-0.1, -0.05) is 5.16 Å². The van der Waals surface area contributed by atoms with Crippen molar-refractivity contribution in [3.05, 3.63) is 16.8 Å². The monoisotopic (exact) mass is 336 g/mol. The zero-order chi connectivity index (χ0) is 16.4. The molecule has 3 heterocycles.